The van der Waals surface area contributed by atoms with Gasteiger partial charge in [0.05, 0.1) is 18.6 Å². The van der Waals surface area contributed by atoms with E-state index in [4.69, 9.17) is 22.0 Å². The highest BCUT2D eigenvalue weighted by Crippen LogP contribution is 2.26. The Morgan fingerprint density at radius 1 is 1.26 bits per heavy atom. The summed E-state index contributed by atoms with van der Waals surface area (Å²) in [7, 11) is 0. The maximum absolute atomic E-state index is 12.5. The second-order valence-electron chi connectivity index (χ2n) is 5.08. The molecular formula is C20H18O3. The average Bonchev–Trinajstić information content (AvgIpc) is 3.03. The quantitative estimate of drug-likeness (QED) is 0.601. The summed E-state index contributed by atoms with van der Waals surface area (Å²) >= 11 is 0. The van der Waals surface area contributed by atoms with Gasteiger partial charge in [0.25, 0.3) is 0 Å². The second kappa shape index (κ2) is 7.92. The molecule has 0 N–H and O–H groups in total. The maximum Gasteiger partial charge on any atom is 0.314 e. The third kappa shape index (κ3) is 4.05. The van der Waals surface area contributed by atoms with Crippen molar-refractivity contribution in [2.45, 2.75) is 31.8 Å². The van der Waals surface area contributed by atoms with Gasteiger partial charge in [-0.05, 0) is 18.1 Å². The number of ether oxygens (including phenoxy) is 1. The van der Waals surface area contributed by atoms with Gasteiger partial charge >= 0.3 is 5.97 Å². The molecule has 3 nitrogen and oxygen atoms in total. The van der Waals surface area contributed by atoms with Crippen LogP contribution >= 0.6 is 0 Å². The highest BCUT2D eigenvalue weighted by Gasteiger charge is 2.24. The monoisotopic (exact) mass is 306 g/mol. The average molecular weight is 306 g/mol. The van der Waals surface area contributed by atoms with Crippen molar-refractivity contribution in [3.05, 3.63) is 59.5 Å². The molecule has 2 atom stereocenters. The molecule has 0 amide bonds. The zero-order valence-corrected chi connectivity index (χ0v) is 13.0. The Morgan fingerprint density at radius 2 is 2.00 bits per heavy atom. The lowest BCUT2D eigenvalue weighted by Crippen LogP contribution is -2.17. The third-order valence-corrected chi connectivity index (χ3v) is 3.53. The Morgan fingerprint density at radius 3 is 2.61 bits per heavy atom. The van der Waals surface area contributed by atoms with Crippen molar-refractivity contribution in [3.8, 4) is 24.7 Å². The van der Waals surface area contributed by atoms with Gasteiger partial charge in [-0.1, -0.05) is 49.1 Å². The molecule has 23 heavy (non-hydrogen) atoms. The minimum Gasteiger partial charge on any atom is -0.468 e. The molecule has 3 heteroatoms. The van der Waals surface area contributed by atoms with Crippen molar-refractivity contribution in [2.75, 3.05) is 0 Å². The van der Waals surface area contributed by atoms with Crippen LogP contribution in [0.25, 0.3) is 0 Å². The zero-order valence-electron chi connectivity index (χ0n) is 13.0. The van der Waals surface area contributed by atoms with Gasteiger partial charge < -0.3 is 9.15 Å². The molecule has 0 saturated carbocycles. The number of carbonyl (C=O) groups is 1. The number of rotatable bonds is 6. The predicted octanol–water partition coefficient (Wildman–Crippen LogP) is 3.87. The van der Waals surface area contributed by atoms with Crippen LogP contribution in [0.1, 0.15) is 42.3 Å². The molecule has 1 heterocycles. The van der Waals surface area contributed by atoms with E-state index in [-0.39, 0.29) is 11.9 Å². The van der Waals surface area contributed by atoms with Crippen molar-refractivity contribution >= 4 is 5.97 Å². The first-order chi connectivity index (χ1) is 11.2. The number of terminal acetylenes is 2. The minimum absolute atomic E-state index is 0.343. The molecule has 116 valence electrons. The zero-order chi connectivity index (χ0) is 16.7. The minimum atomic E-state index is -0.782. The fraction of sp³-hybridized carbons (Fsp3) is 0.250. The van der Waals surface area contributed by atoms with E-state index in [1.807, 2.05) is 37.3 Å². The van der Waals surface area contributed by atoms with Crippen molar-refractivity contribution in [1.29, 1.82) is 0 Å². The maximum atomic E-state index is 12.5. The highest BCUT2D eigenvalue weighted by atomic mass is 16.5. The molecule has 2 rings (SSSR count). The van der Waals surface area contributed by atoms with E-state index in [0.717, 1.165) is 5.56 Å². The molecule has 0 aliphatic carbocycles. The van der Waals surface area contributed by atoms with Crippen LogP contribution in [0.3, 0.4) is 0 Å². The van der Waals surface area contributed by atoms with Gasteiger partial charge in [-0.25, -0.2) is 0 Å². The number of esters is 1. The summed E-state index contributed by atoms with van der Waals surface area (Å²) in [5, 5.41) is 0. The molecule has 0 aliphatic heterocycles. The first-order valence-corrected chi connectivity index (χ1v) is 7.41. The largest absolute Gasteiger partial charge is 0.468 e. The van der Waals surface area contributed by atoms with Crippen LogP contribution in [0, 0.1) is 24.7 Å². The van der Waals surface area contributed by atoms with Crippen LogP contribution in [0.4, 0.5) is 0 Å². The van der Waals surface area contributed by atoms with Gasteiger partial charge in [0.1, 0.15) is 5.76 Å². The van der Waals surface area contributed by atoms with E-state index in [2.05, 4.69) is 11.8 Å². The van der Waals surface area contributed by atoms with Crippen LogP contribution < -0.4 is 0 Å². The lowest BCUT2D eigenvalue weighted by molar-refractivity contribution is -0.148. The number of hydrogen-bond acceptors (Lipinski definition) is 3. The van der Waals surface area contributed by atoms with Crippen LogP contribution in [0.15, 0.2) is 47.1 Å². The number of benzene rings is 1. The van der Waals surface area contributed by atoms with E-state index in [1.54, 1.807) is 6.07 Å². The van der Waals surface area contributed by atoms with E-state index in [1.165, 1.54) is 6.26 Å². The van der Waals surface area contributed by atoms with E-state index < -0.39 is 6.10 Å². The molecule has 1 aromatic heterocycles. The van der Waals surface area contributed by atoms with Gasteiger partial charge in [-0.2, -0.15) is 0 Å². The van der Waals surface area contributed by atoms with Crippen molar-refractivity contribution in [3.63, 3.8) is 0 Å². The lowest BCUT2D eigenvalue weighted by Gasteiger charge is -2.17. The fourth-order valence-electron chi connectivity index (χ4n) is 2.35. The first kappa shape index (κ1) is 16.5. The van der Waals surface area contributed by atoms with E-state index in [0.29, 0.717) is 24.2 Å². The Bertz CT molecular complexity index is 728. The first-order valence-electron chi connectivity index (χ1n) is 7.41. The summed E-state index contributed by atoms with van der Waals surface area (Å²) in [5.41, 5.74) is 1.53. The van der Waals surface area contributed by atoms with Crippen LogP contribution in [0.5, 0.6) is 0 Å². The summed E-state index contributed by atoms with van der Waals surface area (Å²) in [6, 6.07) is 11.2. The van der Waals surface area contributed by atoms with Crippen LogP contribution in [-0.4, -0.2) is 5.97 Å². The van der Waals surface area contributed by atoms with Gasteiger partial charge in [0.15, 0.2) is 6.10 Å². The Labute approximate surface area is 136 Å². The molecule has 0 aliphatic rings. The predicted molar refractivity (Wildman–Crippen MR) is 88.4 cm³/mol. The fourth-order valence-corrected chi connectivity index (χ4v) is 2.35. The molecule has 0 spiro atoms. The Kier molecular flexibility index (Phi) is 5.67. The number of hydrogen-bond donors (Lipinski definition) is 0. The molecule has 2 aromatic rings. The SMILES string of the molecule is C#CCc1cc(C(C#C)OC(=O)C(CC)c2ccccc2)co1. The van der Waals surface area contributed by atoms with Crippen LogP contribution in [-0.2, 0) is 16.0 Å². The molecule has 0 bridgehead atoms. The summed E-state index contributed by atoms with van der Waals surface area (Å²) in [6.45, 7) is 1.94. The number of furan rings is 1. The smallest absolute Gasteiger partial charge is 0.314 e. The second-order valence-corrected chi connectivity index (χ2v) is 5.08. The normalized spacial score (nSPS) is 12.7. The molecule has 0 radical (unpaired) electrons. The molecule has 2 unspecified atom stereocenters. The summed E-state index contributed by atoms with van der Waals surface area (Å²) < 4.78 is 10.8. The summed E-state index contributed by atoms with van der Waals surface area (Å²) in [4.78, 5) is 12.5. The van der Waals surface area contributed by atoms with Gasteiger partial charge in [0, 0.05) is 5.56 Å². The van der Waals surface area contributed by atoms with Crippen LogP contribution in [0.2, 0.25) is 0 Å². The molecular weight excluding hydrogens is 288 g/mol. The van der Waals surface area contributed by atoms with Crippen molar-refractivity contribution in [1.82, 2.24) is 0 Å². The molecule has 1 aromatic carbocycles. The van der Waals surface area contributed by atoms with E-state index in [9.17, 15) is 4.79 Å². The summed E-state index contributed by atoms with van der Waals surface area (Å²) in [5.74, 6) is 4.90. The lowest BCUT2D eigenvalue weighted by atomic mass is 9.96. The summed E-state index contributed by atoms with van der Waals surface area (Å²) in [6.07, 6.45) is 12.5. The standard InChI is InChI=1S/C20H18O3/c1-4-10-17-13-16(14-22-17)19(6-3)23-20(21)18(5-2)15-11-8-7-9-12-15/h1,3,7-9,11-14,18-19H,5,10H2,2H3. The van der Waals surface area contributed by atoms with Gasteiger partial charge in [-0.3, -0.25) is 4.79 Å². The Balaban J connectivity index is 2.12. The van der Waals surface area contributed by atoms with Gasteiger partial charge in [0.2, 0.25) is 0 Å². The van der Waals surface area contributed by atoms with E-state index >= 15 is 0 Å². The Hall–Kier alpha value is -2.91. The topological polar surface area (TPSA) is 39.4 Å². The third-order valence-electron chi connectivity index (χ3n) is 3.53. The molecule has 0 fully saturated rings. The molecule has 0 saturated heterocycles. The number of carbonyl (C=O) groups excluding carboxylic acids is 1. The van der Waals surface area contributed by atoms with Gasteiger partial charge in [-0.15, -0.1) is 12.8 Å². The highest BCUT2D eigenvalue weighted by molar-refractivity contribution is 5.78. The van der Waals surface area contributed by atoms with Crippen molar-refractivity contribution < 1.29 is 13.9 Å². The van der Waals surface area contributed by atoms with Crippen molar-refractivity contribution in [2.24, 2.45) is 0 Å².